The molecule has 0 unspecified atom stereocenters. The highest BCUT2D eigenvalue weighted by Gasteiger charge is 2.59. The molecule has 0 bridgehead atoms. The standard InChI is InChI=1S/C27H39NO9S2.C2H2O4/c1-28(14-11-20-9-10-22(33-2)24(17-20)35-4)13-7-12-27(38(29,30)15-8-16-39(27,31)32)21-18-25(36-5)26(37-6)19-23(21)34-3;3-1(4)2(5)6/h9-10,17-19H,7-8,11-16H2,1-6H3;(H,3,4)(H,5,6). The van der Waals surface area contributed by atoms with E-state index in [4.69, 9.17) is 43.5 Å². The number of nitrogens with zero attached hydrogens (tertiary/aromatic N) is 1. The molecule has 1 fully saturated rings. The predicted octanol–water partition coefficient (Wildman–Crippen LogP) is 2.23. The molecule has 3 rings (SSSR count). The lowest BCUT2D eigenvalue weighted by Gasteiger charge is -2.38. The molecule has 45 heavy (non-hydrogen) atoms. The van der Waals surface area contributed by atoms with Crippen molar-refractivity contribution in [1.82, 2.24) is 4.90 Å². The van der Waals surface area contributed by atoms with Crippen molar-refractivity contribution in [3.63, 3.8) is 0 Å². The highest BCUT2D eigenvalue weighted by atomic mass is 32.3. The molecule has 1 aliphatic rings. The number of methoxy groups -OCH3 is 5. The van der Waals surface area contributed by atoms with Gasteiger partial charge in [0.15, 0.2) is 42.7 Å². The largest absolute Gasteiger partial charge is 0.496 e. The fraction of sp³-hybridized carbons (Fsp3) is 0.517. The van der Waals surface area contributed by atoms with Gasteiger partial charge < -0.3 is 38.8 Å². The fourth-order valence-electron chi connectivity index (χ4n) is 5.12. The monoisotopic (exact) mass is 675 g/mol. The Balaban J connectivity index is 0.00000107. The topological polar surface area (TPSA) is 192 Å². The zero-order valence-electron chi connectivity index (χ0n) is 26.2. The van der Waals surface area contributed by atoms with Crippen LogP contribution in [-0.4, -0.2) is 111 Å². The Bertz CT molecular complexity index is 1510. The zero-order chi connectivity index (χ0) is 34.0. The molecule has 1 saturated heterocycles. The van der Waals surface area contributed by atoms with Crippen LogP contribution in [0, 0.1) is 0 Å². The van der Waals surface area contributed by atoms with Crippen molar-refractivity contribution < 1.29 is 60.3 Å². The maximum absolute atomic E-state index is 13.7. The van der Waals surface area contributed by atoms with Crippen molar-refractivity contribution in [2.75, 3.05) is 67.2 Å². The van der Waals surface area contributed by atoms with Gasteiger partial charge in [-0.25, -0.2) is 26.4 Å². The molecule has 0 aliphatic carbocycles. The molecular weight excluding hydrogens is 634 g/mol. The molecule has 16 heteroatoms. The number of carboxylic acids is 2. The lowest BCUT2D eigenvalue weighted by molar-refractivity contribution is -0.159. The van der Waals surface area contributed by atoms with Crippen LogP contribution in [0.1, 0.15) is 30.4 Å². The lowest BCUT2D eigenvalue weighted by atomic mass is 10.0. The minimum atomic E-state index is -4.10. The first-order chi connectivity index (χ1) is 21.1. The Morgan fingerprint density at radius 3 is 1.71 bits per heavy atom. The van der Waals surface area contributed by atoms with Crippen LogP contribution in [0.25, 0.3) is 0 Å². The molecule has 2 N–H and O–H groups in total. The number of aliphatic carboxylic acids is 2. The van der Waals surface area contributed by atoms with Crippen molar-refractivity contribution in [2.45, 2.75) is 29.8 Å². The lowest BCUT2D eigenvalue weighted by Crippen LogP contribution is -2.50. The molecular formula is C29H41NO13S2. The number of hydrogen-bond donors (Lipinski definition) is 2. The van der Waals surface area contributed by atoms with Gasteiger partial charge in [0.2, 0.25) is 4.08 Å². The third kappa shape index (κ3) is 8.49. The van der Waals surface area contributed by atoms with Gasteiger partial charge in [0, 0.05) is 18.2 Å². The molecule has 252 valence electrons. The van der Waals surface area contributed by atoms with Gasteiger partial charge in [0.1, 0.15) is 5.75 Å². The van der Waals surface area contributed by atoms with Crippen molar-refractivity contribution >= 4 is 31.6 Å². The minimum absolute atomic E-state index is 0.0627. The van der Waals surface area contributed by atoms with E-state index in [9.17, 15) is 16.8 Å². The summed E-state index contributed by atoms with van der Waals surface area (Å²) in [5.41, 5.74) is 1.12. The molecule has 0 atom stereocenters. The predicted molar refractivity (Wildman–Crippen MR) is 165 cm³/mol. The molecule has 0 aromatic heterocycles. The van der Waals surface area contributed by atoms with Gasteiger partial charge in [-0.1, -0.05) is 6.07 Å². The number of rotatable bonds is 13. The van der Waals surface area contributed by atoms with Gasteiger partial charge in [0.05, 0.1) is 47.1 Å². The Hall–Kier alpha value is -3.76. The van der Waals surface area contributed by atoms with Crippen molar-refractivity contribution in [1.29, 1.82) is 0 Å². The summed E-state index contributed by atoms with van der Waals surface area (Å²) in [6, 6.07) is 8.65. The Labute approximate surface area is 263 Å². The summed E-state index contributed by atoms with van der Waals surface area (Å²) in [6.07, 6.45) is 1.01. The molecule has 14 nitrogen and oxygen atoms in total. The quantitative estimate of drug-likeness (QED) is 0.294. The van der Waals surface area contributed by atoms with Gasteiger partial charge in [-0.05, 0) is 63.0 Å². The van der Waals surface area contributed by atoms with Gasteiger partial charge in [-0.2, -0.15) is 0 Å². The van der Waals surface area contributed by atoms with Crippen LogP contribution in [0.4, 0.5) is 0 Å². The van der Waals surface area contributed by atoms with E-state index >= 15 is 0 Å². The number of carbonyl (C=O) groups is 2. The Morgan fingerprint density at radius 1 is 0.733 bits per heavy atom. The van der Waals surface area contributed by atoms with Gasteiger partial charge >= 0.3 is 11.9 Å². The van der Waals surface area contributed by atoms with Crippen LogP contribution in [0.2, 0.25) is 0 Å². The first-order valence-electron chi connectivity index (χ1n) is 13.7. The molecule has 1 heterocycles. The number of benzene rings is 2. The molecule has 0 saturated carbocycles. The van der Waals surface area contributed by atoms with E-state index in [0.29, 0.717) is 36.8 Å². The first-order valence-corrected chi connectivity index (χ1v) is 17.1. The summed E-state index contributed by atoms with van der Waals surface area (Å²) in [5, 5.41) is 14.8. The summed E-state index contributed by atoms with van der Waals surface area (Å²) in [6.45, 7) is 1.18. The van der Waals surface area contributed by atoms with Gasteiger partial charge in [-0.3, -0.25) is 0 Å². The van der Waals surface area contributed by atoms with Crippen LogP contribution >= 0.6 is 0 Å². The van der Waals surface area contributed by atoms with Crippen molar-refractivity contribution in [3.8, 4) is 28.7 Å². The maximum atomic E-state index is 13.7. The summed E-state index contributed by atoms with van der Waals surface area (Å²) in [4.78, 5) is 20.3. The maximum Gasteiger partial charge on any atom is 0.414 e. The third-order valence-electron chi connectivity index (χ3n) is 7.41. The van der Waals surface area contributed by atoms with Crippen LogP contribution < -0.4 is 23.7 Å². The molecule has 2 aromatic carbocycles. The molecule has 1 aliphatic heterocycles. The van der Waals surface area contributed by atoms with Crippen LogP contribution in [0.5, 0.6) is 28.7 Å². The van der Waals surface area contributed by atoms with Gasteiger partial charge in [0.25, 0.3) is 0 Å². The van der Waals surface area contributed by atoms with E-state index in [1.54, 1.807) is 14.2 Å². The van der Waals surface area contributed by atoms with Crippen LogP contribution in [0.15, 0.2) is 30.3 Å². The summed E-state index contributed by atoms with van der Waals surface area (Å²) in [5.74, 6) is -2.12. The van der Waals surface area contributed by atoms with E-state index in [2.05, 4.69) is 4.90 Å². The second kappa shape index (κ2) is 16.0. The van der Waals surface area contributed by atoms with Crippen LogP contribution in [0.3, 0.4) is 0 Å². The first kappa shape index (κ1) is 37.4. The molecule has 0 radical (unpaired) electrons. The average Bonchev–Trinajstić information content (AvgIpc) is 3.00. The van der Waals surface area contributed by atoms with E-state index in [1.807, 2.05) is 25.2 Å². The van der Waals surface area contributed by atoms with E-state index in [-0.39, 0.29) is 41.4 Å². The van der Waals surface area contributed by atoms with E-state index in [1.165, 1.54) is 33.5 Å². The summed E-state index contributed by atoms with van der Waals surface area (Å²) >= 11 is 0. The summed E-state index contributed by atoms with van der Waals surface area (Å²) in [7, 11) is 1.14. The SMILES string of the molecule is COc1ccc(CCN(C)CCCC2(c3cc(OC)c(OC)cc3OC)S(=O)(=O)CCCS2(=O)=O)cc1OC.O=C(O)C(=O)O. The Morgan fingerprint density at radius 2 is 1.22 bits per heavy atom. The Kier molecular flexibility index (Phi) is 13.3. The molecule has 2 aromatic rings. The number of sulfone groups is 2. The third-order valence-corrected chi connectivity index (χ3v) is 13.4. The second-order valence-electron chi connectivity index (χ2n) is 10.1. The number of ether oxygens (including phenoxy) is 5. The highest BCUT2D eigenvalue weighted by Crippen LogP contribution is 2.51. The number of carboxylic acid groups (broad SMARTS) is 2. The molecule has 0 spiro atoms. The highest BCUT2D eigenvalue weighted by molar-refractivity contribution is 8.10. The van der Waals surface area contributed by atoms with E-state index in [0.717, 1.165) is 12.0 Å². The van der Waals surface area contributed by atoms with Gasteiger partial charge in [-0.15, -0.1) is 0 Å². The smallest absolute Gasteiger partial charge is 0.414 e. The number of likely N-dealkylation sites (N-methyl/N-ethyl adjacent to an activating group) is 1. The minimum Gasteiger partial charge on any atom is -0.496 e. The van der Waals surface area contributed by atoms with Crippen molar-refractivity contribution in [2.24, 2.45) is 0 Å². The van der Waals surface area contributed by atoms with Crippen molar-refractivity contribution in [3.05, 3.63) is 41.5 Å². The number of hydrogen-bond acceptors (Lipinski definition) is 12. The second-order valence-corrected chi connectivity index (χ2v) is 15.0. The molecule has 0 amide bonds. The summed E-state index contributed by atoms with van der Waals surface area (Å²) < 4.78 is 79.6. The zero-order valence-corrected chi connectivity index (χ0v) is 27.8. The fourth-order valence-corrected chi connectivity index (χ4v) is 11.0. The average molecular weight is 676 g/mol. The van der Waals surface area contributed by atoms with Crippen LogP contribution in [-0.2, 0) is 39.8 Å². The normalized spacial score (nSPS) is 16.1. The van der Waals surface area contributed by atoms with E-state index < -0.39 is 35.7 Å².